The number of fused-ring (bicyclic) bond motifs is 5. The molecular formula is C28H23N. The highest BCUT2D eigenvalue weighted by molar-refractivity contribution is 5.98. The van der Waals surface area contributed by atoms with Crippen LogP contribution in [0, 0.1) is 5.92 Å². The van der Waals surface area contributed by atoms with Crippen LogP contribution in [0.4, 0.5) is 5.69 Å². The summed E-state index contributed by atoms with van der Waals surface area (Å²) >= 11 is 0. The molecule has 3 aliphatic rings. The molecule has 1 aliphatic heterocycles. The fraction of sp³-hybridized carbons (Fsp3) is 0.214. The summed E-state index contributed by atoms with van der Waals surface area (Å²) in [6.45, 7) is 0. The van der Waals surface area contributed by atoms with E-state index >= 15 is 0 Å². The monoisotopic (exact) mass is 373 g/mol. The molecule has 2 aliphatic carbocycles. The molecule has 0 bridgehead atoms. The van der Waals surface area contributed by atoms with Gasteiger partial charge in [-0.05, 0) is 63.6 Å². The first-order valence-corrected chi connectivity index (χ1v) is 10.9. The number of nitrogens with one attached hydrogen (secondary N) is 1. The van der Waals surface area contributed by atoms with Crippen molar-refractivity contribution in [2.45, 2.75) is 31.2 Å². The molecule has 1 heteroatoms. The molecule has 3 atom stereocenters. The molecule has 0 unspecified atom stereocenters. The van der Waals surface area contributed by atoms with Gasteiger partial charge in [0.2, 0.25) is 0 Å². The number of anilines is 1. The molecule has 0 spiro atoms. The molecule has 1 nitrogen and oxygen atoms in total. The minimum atomic E-state index is 0.346. The van der Waals surface area contributed by atoms with Crippen molar-refractivity contribution < 1.29 is 0 Å². The van der Waals surface area contributed by atoms with Gasteiger partial charge in [0.05, 0.1) is 6.04 Å². The van der Waals surface area contributed by atoms with Gasteiger partial charge in [0.1, 0.15) is 0 Å². The highest BCUT2D eigenvalue weighted by atomic mass is 15.0. The van der Waals surface area contributed by atoms with Gasteiger partial charge in [-0.1, -0.05) is 78.9 Å². The summed E-state index contributed by atoms with van der Waals surface area (Å²) < 4.78 is 0. The van der Waals surface area contributed by atoms with Crippen molar-refractivity contribution in [2.24, 2.45) is 5.92 Å². The zero-order valence-corrected chi connectivity index (χ0v) is 16.4. The van der Waals surface area contributed by atoms with Crippen molar-refractivity contribution in [3.8, 4) is 0 Å². The van der Waals surface area contributed by atoms with Crippen LogP contribution in [0.1, 0.15) is 40.6 Å². The molecule has 0 radical (unpaired) electrons. The van der Waals surface area contributed by atoms with Crippen molar-refractivity contribution in [1.29, 1.82) is 0 Å². The Kier molecular flexibility index (Phi) is 3.13. The third kappa shape index (κ3) is 2.11. The lowest BCUT2D eigenvalue weighted by atomic mass is 9.75. The Morgan fingerprint density at radius 3 is 2.52 bits per heavy atom. The quantitative estimate of drug-likeness (QED) is 0.357. The average Bonchev–Trinajstić information content (AvgIpc) is 3.42. The first kappa shape index (κ1) is 15.8. The Balaban J connectivity index is 1.47. The maximum atomic E-state index is 4.04. The Hall–Kier alpha value is -3.06. The normalized spacial score (nSPS) is 23.9. The summed E-state index contributed by atoms with van der Waals surface area (Å²) in [5.74, 6) is 1.09. The van der Waals surface area contributed by atoms with Crippen LogP contribution in [0.25, 0.3) is 21.5 Å². The smallest absolute Gasteiger partial charge is 0.0560 e. The van der Waals surface area contributed by atoms with Crippen LogP contribution in [0.3, 0.4) is 0 Å². The van der Waals surface area contributed by atoms with E-state index in [0.717, 1.165) is 6.42 Å². The molecule has 1 heterocycles. The van der Waals surface area contributed by atoms with Crippen LogP contribution in [-0.2, 0) is 12.8 Å². The maximum Gasteiger partial charge on any atom is 0.0560 e. The van der Waals surface area contributed by atoms with E-state index in [-0.39, 0.29) is 0 Å². The number of rotatable bonds is 1. The minimum absolute atomic E-state index is 0.346. The van der Waals surface area contributed by atoms with Gasteiger partial charge < -0.3 is 5.32 Å². The fourth-order valence-corrected chi connectivity index (χ4v) is 6.19. The highest BCUT2D eigenvalue weighted by Gasteiger charge is 2.39. The van der Waals surface area contributed by atoms with E-state index < -0.39 is 0 Å². The minimum Gasteiger partial charge on any atom is -0.377 e. The topological polar surface area (TPSA) is 12.0 Å². The first-order valence-electron chi connectivity index (χ1n) is 10.9. The van der Waals surface area contributed by atoms with E-state index in [1.807, 2.05) is 0 Å². The van der Waals surface area contributed by atoms with Gasteiger partial charge in [0, 0.05) is 17.0 Å². The largest absolute Gasteiger partial charge is 0.377 e. The second-order valence-electron chi connectivity index (χ2n) is 8.88. The second kappa shape index (κ2) is 5.73. The molecule has 0 fully saturated rings. The summed E-state index contributed by atoms with van der Waals surface area (Å²) in [5.41, 5.74) is 7.34. The van der Waals surface area contributed by atoms with Crippen LogP contribution < -0.4 is 5.32 Å². The number of aryl methyl sites for hydroxylation is 2. The lowest BCUT2D eigenvalue weighted by Gasteiger charge is -2.38. The van der Waals surface area contributed by atoms with Gasteiger partial charge in [-0.3, -0.25) is 0 Å². The molecule has 140 valence electrons. The fourth-order valence-electron chi connectivity index (χ4n) is 6.19. The number of hydrogen-bond donors (Lipinski definition) is 1. The van der Waals surface area contributed by atoms with E-state index in [9.17, 15) is 0 Å². The van der Waals surface area contributed by atoms with E-state index in [4.69, 9.17) is 0 Å². The van der Waals surface area contributed by atoms with Crippen LogP contribution in [0.15, 0.2) is 78.9 Å². The summed E-state index contributed by atoms with van der Waals surface area (Å²) in [6.07, 6.45) is 8.38. The van der Waals surface area contributed by atoms with Crippen molar-refractivity contribution in [3.63, 3.8) is 0 Å². The first-order chi connectivity index (χ1) is 14.4. The number of hydrogen-bond acceptors (Lipinski definition) is 1. The molecule has 7 rings (SSSR count). The van der Waals surface area contributed by atoms with Crippen molar-refractivity contribution in [3.05, 3.63) is 101 Å². The molecule has 1 N–H and O–H groups in total. The van der Waals surface area contributed by atoms with E-state index in [1.165, 1.54) is 62.3 Å². The van der Waals surface area contributed by atoms with Crippen LogP contribution in [0.5, 0.6) is 0 Å². The maximum absolute atomic E-state index is 4.04. The third-order valence-corrected chi connectivity index (χ3v) is 7.51. The number of benzene rings is 4. The zero-order valence-electron chi connectivity index (χ0n) is 16.4. The molecule has 4 aromatic rings. The number of allylic oxidation sites excluding steroid dienone is 2. The third-order valence-electron chi connectivity index (χ3n) is 7.51. The van der Waals surface area contributed by atoms with Crippen molar-refractivity contribution in [2.75, 3.05) is 5.32 Å². The van der Waals surface area contributed by atoms with Gasteiger partial charge in [0.25, 0.3) is 0 Å². The molecule has 0 amide bonds. The molecule has 0 saturated carbocycles. The van der Waals surface area contributed by atoms with Crippen LogP contribution >= 0.6 is 0 Å². The van der Waals surface area contributed by atoms with Crippen LogP contribution in [0.2, 0.25) is 0 Å². The second-order valence-corrected chi connectivity index (χ2v) is 8.88. The van der Waals surface area contributed by atoms with Gasteiger partial charge in [0.15, 0.2) is 0 Å². The van der Waals surface area contributed by atoms with Gasteiger partial charge in [-0.15, -0.1) is 0 Å². The Labute approximate surface area is 171 Å². The van der Waals surface area contributed by atoms with E-state index in [0.29, 0.717) is 17.9 Å². The molecule has 4 aromatic carbocycles. The van der Waals surface area contributed by atoms with Crippen molar-refractivity contribution >= 4 is 27.2 Å². The SMILES string of the molecule is C1=C[C@H]2c3ccc4ccccc4c3N[C@@H](c3ccc4c5c(cccc35)CC4)[C@H]2C1. The van der Waals surface area contributed by atoms with Crippen LogP contribution in [-0.4, -0.2) is 0 Å². The molecule has 0 saturated heterocycles. The van der Waals surface area contributed by atoms with Crippen molar-refractivity contribution in [1.82, 2.24) is 0 Å². The highest BCUT2D eigenvalue weighted by Crippen LogP contribution is 2.52. The summed E-state index contributed by atoms with van der Waals surface area (Å²) in [6, 6.07) is 25.5. The molecular weight excluding hydrogens is 350 g/mol. The van der Waals surface area contributed by atoms with Gasteiger partial charge in [-0.2, -0.15) is 0 Å². The Bertz CT molecular complexity index is 1320. The summed E-state index contributed by atoms with van der Waals surface area (Å²) in [4.78, 5) is 0. The zero-order chi connectivity index (χ0) is 18.9. The molecule has 0 aromatic heterocycles. The van der Waals surface area contributed by atoms with E-state index in [2.05, 4.69) is 84.2 Å². The molecule has 29 heavy (non-hydrogen) atoms. The standard InChI is InChI=1S/C28H23N/c1-2-7-20-17(5-1)13-15-24-21-8-4-10-23(21)28(29-27(20)24)25-16-14-19-12-11-18-6-3-9-22(25)26(18)19/h1-9,13-16,21,23,28-29H,10-12H2/t21-,23+,28-/m1/s1. The summed E-state index contributed by atoms with van der Waals surface area (Å²) in [5, 5.41) is 9.69. The Morgan fingerprint density at radius 2 is 1.55 bits per heavy atom. The van der Waals surface area contributed by atoms with Gasteiger partial charge in [-0.25, -0.2) is 0 Å². The lowest BCUT2D eigenvalue weighted by molar-refractivity contribution is 0.428. The van der Waals surface area contributed by atoms with E-state index in [1.54, 1.807) is 0 Å². The van der Waals surface area contributed by atoms with Gasteiger partial charge >= 0.3 is 0 Å². The predicted octanol–water partition coefficient (Wildman–Crippen LogP) is 6.92. The predicted molar refractivity (Wildman–Crippen MR) is 122 cm³/mol. The Morgan fingerprint density at radius 1 is 0.724 bits per heavy atom. The average molecular weight is 373 g/mol. The lowest BCUT2D eigenvalue weighted by Crippen LogP contribution is -2.29. The summed E-state index contributed by atoms with van der Waals surface area (Å²) in [7, 11) is 0.